The van der Waals surface area contributed by atoms with Crippen molar-refractivity contribution >= 4 is 11.8 Å². The molecular weight excluding hydrogens is 376 g/mol. The third-order valence-electron chi connectivity index (χ3n) is 4.84. The highest BCUT2D eigenvalue weighted by atomic mass is 16.5. The topological polar surface area (TPSA) is 67.4 Å². The summed E-state index contributed by atoms with van der Waals surface area (Å²) < 4.78 is 5.41. The number of carbonyl (C=O) groups is 2. The van der Waals surface area contributed by atoms with E-state index in [1.807, 2.05) is 55.5 Å². The van der Waals surface area contributed by atoms with Gasteiger partial charge in [-0.3, -0.25) is 9.59 Å². The Morgan fingerprint density at radius 2 is 1.60 bits per heavy atom. The molecule has 5 heteroatoms. The molecule has 0 bridgehead atoms. The third-order valence-corrected chi connectivity index (χ3v) is 4.84. The smallest absolute Gasteiger partial charge is 0.252 e. The van der Waals surface area contributed by atoms with E-state index in [4.69, 9.17) is 4.74 Å². The fourth-order valence-corrected chi connectivity index (χ4v) is 3.27. The standard InChI is InChI=1S/C25H26N2O3/c1-18-13-14-22(30-2)21(17-18)15-16-26-25(29)23(19-9-5-3-6-10-19)27-24(28)20-11-7-4-8-12-20/h3-14,17,23H,15-16H2,1-2H3,(H,26,29)(H,27,28). The zero-order chi connectivity index (χ0) is 21.3. The van der Waals surface area contributed by atoms with E-state index in [1.54, 1.807) is 31.4 Å². The highest BCUT2D eigenvalue weighted by Crippen LogP contribution is 2.20. The van der Waals surface area contributed by atoms with E-state index in [9.17, 15) is 9.59 Å². The summed E-state index contributed by atoms with van der Waals surface area (Å²) in [5.41, 5.74) is 3.40. The lowest BCUT2D eigenvalue weighted by Gasteiger charge is -2.19. The van der Waals surface area contributed by atoms with E-state index >= 15 is 0 Å². The highest BCUT2D eigenvalue weighted by molar-refractivity contribution is 5.97. The summed E-state index contributed by atoms with van der Waals surface area (Å²) >= 11 is 0. The lowest BCUT2D eigenvalue weighted by molar-refractivity contribution is -0.123. The van der Waals surface area contributed by atoms with Crippen molar-refractivity contribution in [2.45, 2.75) is 19.4 Å². The van der Waals surface area contributed by atoms with Crippen LogP contribution in [0.1, 0.15) is 33.1 Å². The van der Waals surface area contributed by atoms with Crippen LogP contribution in [-0.4, -0.2) is 25.5 Å². The highest BCUT2D eigenvalue weighted by Gasteiger charge is 2.23. The van der Waals surface area contributed by atoms with E-state index in [1.165, 1.54) is 0 Å². The van der Waals surface area contributed by atoms with Crippen molar-refractivity contribution < 1.29 is 14.3 Å². The zero-order valence-corrected chi connectivity index (χ0v) is 17.2. The molecule has 1 unspecified atom stereocenters. The van der Waals surface area contributed by atoms with Gasteiger partial charge in [0.25, 0.3) is 5.91 Å². The minimum Gasteiger partial charge on any atom is -0.496 e. The van der Waals surface area contributed by atoms with Crippen LogP contribution in [0.25, 0.3) is 0 Å². The Morgan fingerprint density at radius 3 is 2.27 bits per heavy atom. The maximum atomic E-state index is 13.0. The molecule has 154 valence electrons. The Hall–Kier alpha value is -3.60. The Kier molecular flexibility index (Phi) is 7.22. The maximum absolute atomic E-state index is 13.0. The summed E-state index contributed by atoms with van der Waals surface area (Å²) in [7, 11) is 1.64. The summed E-state index contributed by atoms with van der Waals surface area (Å²) in [5.74, 6) is 0.254. The fourth-order valence-electron chi connectivity index (χ4n) is 3.27. The average Bonchev–Trinajstić information content (AvgIpc) is 2.78. The number of rotatable bonds is 8. The summed E-state index contributed by atoms with van der Waals surface area (Å²) in [6, 6.07) is 23.3. The van der Waals surface area contributed by atoms with Crippen LogP contribution in [0.3, 0.4) is 0 Å². The average molecular weight is 402 g/mol. The molecule has 2 N–H and O–H groups in total. The van der Waals surface area contributed by atoms with Crippen LogP contribution in [-0.2, 0) is 11.2 Å². The van der Waals surface area contributed by atoms with Gasteiger partial charge in [-0.15, -0.1) is 0 Å². The summed E-state index contributed by atoms with van der Waals surface area (Å²) in [5, 5.41) is 5.80. The Morgan fingerprint density at radius 1 is 0.933 bits per heavy atom. The first-order valence-electron chi connectivity index (χ1n) is 9.90. The number of hydrogen-bond acceptors (Lipinski definition) is 3. The molecule has 0 aromatic heterocycles. The molecule has 0 heterocycles. The third kappa shape index (κ3) is 5.47. The first kappa shape index (κ1) is 21.1. The van der Waals surface area contributed by atoms with Crippen LogP contribution < -0.4 is 15.4 Å². The zero-order valence-electron chi connectivity index (χ0n) is 17.2. The Bertz CT molecular complexity index is 988. The van der Waals surface area contributed by atoms with Crippen molar-refractivity contribution in [1.82, 2.24) is 10.6 Å². The first-order valence-corrected chi connectivity index (χ1v) is 9.90. The summed E-state index contributed by atoms with van der Waals surface area (Å²) in [6.45, 7) is 2.45. The molecule has 0 aliphatic carbocycles. The molecule has 3 aromatic carbocycles. The van der Waals surface area contributed by atoms with Crippen LogP contribution in [0.4, 0.5) is 0 Å². The molecule has 3 rings (SSSR count). The van der Waals surface area contributed by atoms with Crippen molar-refractivity contribution in [3.05, 3.63) is 101 Å². The molecule has 5 nitrogen and oxygen atoms in total. The normalized spacial score (nSPS) is 11.4. The quantitative estimate of drug-likeness (QED) is 0.602. The lowest BCUT2D eigenvalue weighted by Crippen LogP contribution is -2.41. The van der Waals surface area contributed by atoms with Crippen LogP contribution >= 0.6 is 0 Å². The lowest BCUT2D eigenvalue weighted by atomic mass is 10.0. The maximum Gasteiger partial charge on any atom is 0.252 e. The van der Waals surface area contributed by atoms with Crippen molar-refractivity contribution in [2.24, 2.45) is 0 Å². The van der Waals surface area contributed by atoms with Crippen molar-refractivity contribution in [3.8, 4) is 5.75 Å². The number of nitrogens with one attached hydrogen (secondary N) is 2. The predicted molar refractivity (Wildman–Crippen MR) is 118 cm³/mol. The van der Waals surface area contributed by atoms with Crippen LogP contribution in [0, 0.1) is 6.92 Å². The SMILES string of the molecule is COc1ccc(C)cc1CCNC(=O)C(NC(=O)c1ccccc1)c1ccccc1. The Labute approximate surface area is 177 Å². The van der Waals surface area contributed by atoms with E-state index in [2.05, 4.69) is 16.7 Å². The van der Waals surface area contributed by atoms with Crippen molar-refractivity contribution in [3.63, 3.8) is 0 Å². The predicted octanol–water partition coefficient (Wildman–Crippen LogP) is 3.83. The number of ether oxygens (including phenoxy) is 1. The van der Waals surface area contributed by atoms with Gasteiger partial charge < -0.3 is 15.4 Å². The van der Waals surface area contributed by atoms with Crippen molar-refractivity contribution in [2.75, 3.05) is 13.7 Å². The number of hydrogen-bond donors (Lipinski definition) is 2. The van der Waals surface area contributed by atoms with Crippen molar-refractivity contribution in [1.29, 1.82) is 0 Å². The molecule has 0 aliphatic heterocycles. The summed E-state index contributed by atoms with van der Waals surface area (Å²) in [6.07, 6.45) is 0.630. The Balaban J connectivity index is 1.70. The number of benzene rings is 3. The van der Waals surface area contributed by atoms with Gasteiger partial charge in [-0.2, -0.15) is 0 Å². The van der Waals surface area contributed by atoms with Crippen LogP contribution in [0.15, 0.2) is 78.9 Å². The molecule has 0 saturated carbocycles. The number of methoxy groups -OCH3 is 1. The number of carbonyl (C=O) groups excluding carboxylic acids is 2. The van der Waals surface area contributed by atoms with E-state index in [-0.39, 0.29) is 11.8 Å². The van der Waals surface area contributed by atoms with Gasteiger partial charge in [-0.05, 0) is 42.7 Å². The monoisotopic (exact) mass is 402 g/mol. The van der Waals surface area contributed by atoms with Gasteiger partial charge in [-0.1, -0.05) is 66.2 Å². The van der Waals surface area contributed by atoms with E-state index < -0.39 is 6.04 Å². The largest absolute Gasteiger partial charge is 0.496 e. The molecule has 1 atom stereocenters. The van der Waals surface area contributed by atoms with Gasteiger partial charge in [0, 0.05) is 12.1 Å². The molecule has 30 heavy (non-hydrogen) atoms. The molecular formula is C25H26N2O3. The molecule has 0 aliphatic rings. The van der Waals surface area contributed by atoms with E-state index in [0.29, 0.717) is 18.5 Å². The first-order chi connectivity index (χ1) is 14.6. The second-order valence-electron chi connectivity index (χ2n) is 7.04. The van der Waals surface area contributed by atoms with Gasteiger partial charge in [0.05, 0.1) is 7.11 Å². The molecule has 0 radical (unpaired) electrons. The minimum atomic E-state index is -0.779. The second kappa shape index (κ2) is 10.3. The molecule has 0 saturated heterocycles. The van der Waals surface area contributed by atoms with Crippen LogP contribution in [0.2, 0.25) is 0 Å². The molecule has 0 spiro atoms. The van der Waals surface area contributed by atoms with Crippen LogP contribution in [0.5, 0.6) is 5.75 Å². The molecule has 0 fully saturated rings. The van der Waals surface area contributed by atoms with E-state index in [0.717, 1.165) is 22.4 Å². The number of aryl methyl sites for hydroxylation is 1. The molecule has 3 aromatic rings. The van der Waals surface area contributed by atoms with Gasteiger partial charge in [-0.25, -0.2) is 0 Å². The minimum absolute atomic E-state index is 0.253. The van der Waals surface area contributed by atoms with Gasteiger partial charge >= 0.3 is 0 Å². The molecule has 2 amide bonds. The number of amides is 2. The van der Waals surface area contributed by atoms with Gasteiger partial charge in [0.15, 0.2) is 0 Å². The van der Waals surface area contributed by atoms with Gasteiger partial charge in [0.2, 0.25) is 5.91 Å². The van der Waals surface area contributed by atoms with Gasteiger partial charge in [0.1, 0.15) is 11.8 Å². The summed E-state index contributed by atoms with van der Waals surface area (Å²) in [4.78, 5) is 25.6. The second-order valence-corrected chi connectivity index (χ2v) is 7.04. The fraction of sp³-hybridized carbons (Fsp3) is 0.200.